The van der Waals surface area contributed by atoms with Gasteiger partial charge < -0.3 is 19.7 Å². The average molecular weight is 661 g/mol. The van der Waals surface area contributed by atoms with E-state index in [1.54, 1.807) is 12.1 Å². The molecule has 0 radical (unpaired) electrons. The van der Waals surface area contributed by atoms with Crippen molar-refractivity contribution in [2.75, 3.05) is 31.3 Å². The number of ether oxygens (including phenoxy) is 2. The number of hydrogen-bond acceptors (Lipinski definition) is 6. The van der Waals surface area contributed by atoms with Gasteiger partial charge in [0.05, 0.1) is 26.2 Å². The molecule has 0 aliphatic heterocycles. The van der Waals surface area contributed by atoms with Gasteiger partial charge in [-0.2, -0.15) is 0 Å². The SMILES string of the molecule is CC[C@@H](C)NC(=O)[C@@H](Cc1ccccc1)N(Cc1ccc(Br)cc1)C(=O)CN(c1cc(OC)ccc1OC)S(C)(=O)=O. The van der Waals surface area contributed by atoms with Crippen LogP contribution in [0.1, 0.15) is 31.4 Å². The molecule has 1 N–H and O–H groups in total. The summed E-state index contributed by atoms with van der Waals surface area (Å²) in [5.41, 5.74) is 1.80. The Morgan fingerprint density at radius 3 is 2.19 bits per heavy atom. The Morgan fingerprint density at radius 2 is 1.62 bits per heavy atom. The van der Waals surface area contributed by atoms with Crippen LogP contribution in [0.3, 0.4) is 0 Å². The fourth-order valence-electron chi connectivity index (χ4n) is 4.37. The van der Waals surface area contributed by atoms with Gasteiger partial charge in [-0.05, 0) is 48.7 Å². The van der Waals surface area contributed by atoms with E-state index in [9.17, 15) is 18.0 Å². The molecule has 0 unspecified atom stereocenters. The average Bonchev–Trinajstić information content (AvgIpc) is 2.97. The lowest BCUT2D eigenvalue weighted by Crippen LogP contribution is -2.54. The molecule has 0 aliphatic carbocycles. The van der Waals surface area contributed by atoms with E-state index in [4.69, 9.17) is 9.47 Å². The first-order chi connectivity index (χ1) is 20.0. The lowest BCUT2D eigenvalue weighted by atomic mass is 10.0. The van der Waals surface area contributed by atoms with Crippen LogP contribution in [0.15, 0.2) is 77.3 Å². The van der Waals surface area contributed by atoms with Crippen molar-refractivity contribution in [2.45, 2.75) is 45.3 Å². The van der Waals surface area contributed by atoms with E-state index < -0.39 is 28.5 Å². The van der Waals surface area contributed by atoms with Crippen LogP contribution in [0.5, 0.6) is 11.5 Å². The van der Waals surface area contributed by atoms with Gasteiger partial charge in [0, 0.05) is 29.5 Å². The highest BCUT2D eigenvalue weighted by Crippen LogP contribution is 2.34. The van der Waals surface area contributed by atoms with Crippen molar-refractivity contribution in [1.29, 1.82) is 0 Å². The Morgan fingerprint density at radius 1 is 0.952 bits per heavy atom. The summed E-state index contributed by atoms with van der Waals surface area (Å²) in [5, 5.41) is 3.02. The van der Waals surface area contributed by atoms with Crippen LogP contribution in [0.4, 0.5) is 5.69 Å². The van der Waals surface area contributed by atoms with Crippen LogP contribution < -0.4 is 19.1 Å². The molecule has 0 spiro atoms. The van der Waals surface area contributed by atoms with Crippen LogP contribution in [0.25, 0.3) is 0 Å². The summed E-state index contributed by atoms with van der Waals surface area (Å²) in [7, 11) is -1.08. The summed E-state index contributed by atoms with van der Waals surface area (Å²) in [5.74, 6) is -0.214. The molecular weight excluding hydrogens is 622 g/mol. The number of hydrogen-bond donors (Lipinski definition) is 1. The zero-order valence-corrected chi connectivity index (χ0v) is 26.9. The summed E-state index contributed by atoms with van der Waals surface area (Å²) in [6.45, 7) is 3.40. The lowest BCUT2D eigenvalue weighted by Gasteiger charge is -2.34. The smallest absolute Gasteiger partial charge is 0.244 e. The molecule has 0 fully saturated rings. The number of rotatable bonds is 14. The largest absolute Gasteiger partial charge is 0.497 e. The van der Waals surface area contributed by atoms with Crippen molar-refractivity contribution in [3.8, 4) is 11.5 Å². The van der Waals surface area contributed by atoms with E-state index in [0.29, 0.717) is 12.2 Å². The van der Waals surface area contributed by atoms with Gasteiger partial charge in [-0.15, -0.1) is 0 Å². The predicted molar refractivity (Wildman–Crippen MR) is 168 cm³/mol. The van der Waals surface area contributed by atoms with E-state index in [0.717, 1.165) is 26.2 Å². The summed E-state index contributed by atoms with van der Waals surface area (Å²) >= 11 is 3.44. The van der Waals surface area contributed by atoms with Crippen LogP contribution in [-0.2, 0) is 32.6 Å². The van der Waals surface area contributed by atoms with E-state index in [-0.39, 0.29) is 36.4 Å². The first kappa shape index (κ1) is 32.9. The molecule has 0 saturated heterocycles. The second-order valence-electron chi connectivity index (χ2n) is 9.98. The minimum Gasteiger partial charge on any atom is -0.497 e. The third kappa shape index (κ3) is 8.96. The summed E-state index contributed by atoms with van der Waals surface area (Å²) < 4.78 is 38.8. The quantitative estimate of drug-likeness (QED) is 0.267. The molecule has 42 heavy (non-hydrogen) atoms. The number of nitrogens with one attached hydrogen (secondary N) is 1. The van der Waals surface area contributed by atoms with Crippen molar-refractivity contribution in [3.63, 3.8) is 0 Å². The minimum atomic E-state index is -3.97. The van der Waals surface area contributed by atoms with Crippen molar-refractivity contribution in [2.24, 2.45) is 0 Å². The molecule has 3 aromatic rings. The maximum absolute atomic E-state index is 14.2. The fraction of sp³-hybridized carbons (Fsp3) is 0.355. The Labute approximate surface area is 257 Å². The monoisotopic (exact) mass is 659 g/mol. The van der Waals surface area contributed by atoms with Crippen LogP contribution >= 0.6 is 15.9 Å². The molecule has 0 aromatic heterocycles. The van der Waals surface area contributed by atoms with Gasteiger partial charge in [0.25, 0.3) is 0 Å². The number of halogens is 1. The highest BCUT2D eigenvalue weighted by molar-refractivity contribution is 9.10. The van der Waals surface area contributed by atoms with E-state index in [1.807, 2.05) is 68.4 Å². The molecule has 9 nitrogen and oxygen atoms in total. The first-order valence-corrected chi connectivity index (χ1v) is 16.2. The summed E-state index contributed by atoms with van der Waals surface area (Å²) in [6.07, 6.45) is 1.98. The molecule has 3 aromatic carbocycles. The standard InChI is InChI=1S/C31H38BrN3O6S/c1-6-22(2)33-31(37)28(18-23-10-8-7-9-11-23)34(20-24-12-14-25(32)15-13-24)30(36)21-35(42(5,38)39)27-19-26(40-3)16-17-29(27)41-4/h7-17,19,22,28H,6,18,20-21H2,1-5H3,(H,33,37)/t22-,28-/m1/s1. The predicted octanol–water partition coefficient (Wildman–Crippen LogP) is 4.79. The Bertz CT molecular complexity index is 1450. The molecule has 0 bridgehead atoms. The molecule has 0 heterocycles. The lowest BCUT2D eigenvalue weighted by molar-refractivity contribution is -0.140. The number of amides is 2. The van der Waals surface area contributed by atoms with E-state index in [1.165, 1.54) is 25.2 Å². The molecule has 0 aliphatic rings. The maximum Gasteiger partial charge on any atom is 0.244 e. The maximum atomic E-state index is 14.2. The van der Waals surface area contributed by atoms with Gasteiger partial charge in [-0.1, -0.05) is 65.3 Å². The van der Waals surface area contributed by atoms with Gasteiger partial charge in [-0.25, -0.2) is 8.42 Å². The first-order valence-electron chi connectivity index (χ1n) is 13.5. The summed E-state index contributed by atoms with van der Waals surface area (Å²) in [6, 6.07) is 20.5. The number of nitrogens with zero attached hydrogens (tertiary/aromatic N) is 2. The Hall–Kier alpha value is -3.57. The fourth-order valence-corrected chi connectivity index (χ4v) is 5.48. The van der Waals surface area contributed by atoms with Gasteiger partial charge in [0.2, 0.25) is 21.8 Å². The normalized spacial score (nSPS) is 12.6. The van der Waals surface area contributed by atoms with E-state index >= 15 is 0 Å². The molecule has 0 saturated carbocycles. The van der Waals surface area contributed by atoms with Crippen molar-refractivity contribution in [1.82, 2.24) is 10.2 Å². The number of sulfonamides is 1. The molecule has 3 rings (SSSR count). The molecule has 2 atom stereocenters. The highest BCUT2D eigenvalue weighted by atomic mass is 79.9. The van der Waals surface area contributed by atoms with Gasteiger partial charge in [0.15, 0.2) is 0 Å². The zero-order valence-electron chi connectivity index (χ0n) is 24.5. The van der Waals surface area contributed by atoms with Crippen molar-refractivity contribution < 1.29 is 27.5 Å². The van der Waals surface area contributed by atoms with Crippen LogP contribution in [0.2, 0.25) is 0 Å². The van der Waals surface area contributed by atoms with Crippen molar-refractivity contribution >= 4 is 43.5 Å². The highest BCUT2D eigenvalue weighted by Gasteiger charge is 2.34. The van der Waals surface area contributed by atoms with E-state index in [2.05, 4.69) is 21.2 Å². The third-order valence-electron chi connectivity index (χ3n) is 6.87. The van der Waals surface area contributed by atoms with Gasteiger partial charge in [0.1, 0.15) is 24.1 Å². The molecule has 11 heteroatoms. The Balaban J connectivity index is 2.11. The molecule has 2 amide bonds. The van der Waals surface area contributed by atoms with Crippen LogP contribution in [-0.4, -0.2) is 64.2 Å². The summed E-state index contributed by atoms with van der Waals surface area (Å²) in [4.78, 5) is 29.5. The van der Waals surface area contributed by atoms with Crippen LogP contribution in [0, 0.1) is 0 Å². The van der Waals surface area contributed by atoms with Gasteiger partial charge >= 0.3 is 0 Å². The number of carbonyl (C=O) groups excluding carboxylic acids is 2. The number of benzene rings is 3. The number of anilines is 1. The number of carbonyl (C=O) groups is 2. The third-order valence-corrected chi connectivity index (χ3v) is 8.53. The van der Waals surface area contributed by atoms with Crippen molar-refractivity contribution in [3.05, 3.63) is 88.4 Å². The zero-order chi connectivity index (χ0) is 30.9. The number of methoxy groups -OCH3 is 2. The molecular formula is C31H38BrN3O6S. The topological polar surface area (TPSA) is 105 Å². The minimum absolute atomic E-state index is 0.0877. The molecule has 226 valence electrons. The Kier molecular flexibility index (Phi) is 11.8. The second-order valence-corrected chi connectivity index (χ2v) is 12.8. The van der Waals surface area contributed by atoms with Gasteiger partial charge in [-0.3, -0.25) is 13.9 Å². The second kappa shape index (κ2) is 15.1.